The number of hydrogen-bond donors (Lipinski definition) is 0. The minimum Gasteiger partial charge on any atom is -0.452 e. The van der Waals surface area contributed by atoms with E-state index in [0.29, 0.717) is 11.4 Å². The molecule has 0 fully saturated rings. The zero-order valence-electron chi connectivity index (χ0n) is 28.8. The Bertz CT molecular complexity index is 2950. The summed E-state index contributed by atoms with van der Waals surface area (Å²) < 4.78 is 6.68. The van der Waals surface area contributed by atoms with E-state index in [1.54, 1.807) is 0 Å². The van der Waals surface area contributed by atoms with E-state index in [-0.39, 0.29) is 0 Å². The summed E-state index contributed by atoms with van der Waals surface area (Å²) >= 11 is 0. The van der Waals surface area contributed by atoms with Crippen LogP contribution in [0.2, 0.25) is 0 Å². The Kier molecular flexibility index (Phi) is 7.47. The lowest BCUT2D eigenvalue weighted by atomic mass is 9.97. The summed E-state index contributed by atoms with van der Waals surface area (Å²) in [4.78, 5) is 10.5. The minimum atomic E-state index is 0.654. The molecule has 0 saturated carbocycles. The highest BCUT2D eigenvalue weighted by Gasteiger charge is 2.20. The van der Waals surface area contributed by atoms with Crippen LogP contribution < -0.4 is 0 Å². The van der Waals surface area contributed by atoms with E-state index in [1.165, 1.54) is 22.3 Å². The van der Waals surface area contributed by atoms with Gasteiger partial charge in [-0.15, -0.1) is 0 Å². The Morgan fingerprint density at radius 3 is 1.30 bits per heavy atom. The van der Waals surface area contributed by atoms with Gasteiger partial charge in [0.15, 0.2) is 11.4 Å². The maximum Gasteiger partial charge on any atom is 0.180 e. The first-order valence-electron chi connectivity index (χ1n) is 17.9. The summed E-state index contributed by atoms with van der Waals surface area (Å²) in [5.74, 6) is 0.654. The van der Waals surface area contributed by atoms with Crippen LogP contribution in [0.1, 0.15) is 0 Å². The molecule has 0 aliphatic carbocycles. The van der Waals surface area contributed by atoms with E-state index in [4.69, 9.17) is 14.4 Å². The van der Waals surface area contributed by atoms with Crippen LogP contribution in [0.5, 0.6) is 0 Å². The molecule has 0 bridgehead atoms. The van der Waals surface area contributed by atoms with E-state index in [1.807, 2.05) is 12.1 Å². The summed E-state index contributed by atoms with van der Waals surface area (Å²) in [6, 6.07) is 68.2. The number of aromatic nitrogens is 2. The van der Waals surface area contributed by atoms with Gasteiger partial charge in [0.1, 0.15) is 16.8 Å². The van der Waals surface area contributed by atoms with Gasteiger partial charge in [-0.3, -0.25) is 0 Å². The smallest absolute Gasteiger partial charge is 0.180 e. The number of hydrogen-bond acceptors (Lipinski definition) is 3. The van der Waals surface area contributed by atoms with E-state index < -0.39 is 0 Å². The van der Waals surface area contributed by atoms with E-state index in [9.17, 15) is 0 Å². The predicted molar refractivity (Wildman–Crippen MR) is 219 cm³/mol. The normalized spacial score (nSPS) is 11.4. The molecule has 0 N–H and O–H groups in total. The van der Waals surface area contributed by atoms with Crippen LogP contribution in [0.15, 0.2) is 199 Å². The third-order valence-electron chi connectivity index (χ3n) is 10.0. The third-order valence-corrected chi connectivity index (χ3v) is 10.0. The lowest BCUT2D eigenvalue weighted by Gasteiger charge is -2.11. The molecule has 0 saturated heterocycles. The number of fused-ring (bicyclic) bond motifs is 4. The lowest BCUT2D eigenvalue weighted by molar-refractivity contribution is 0.668. The van der Waals surface area contributed by atoms with Crippen molar-refractivity contribution in [3.8, 4) is 67.2 Å². The van der Waals surface area contributed by atoms with Crippen LogP contribution in [0.4, 0.5) is 0 Å². The van der Waals surface area contributed by atoms with Crippen molar-refractivity contribution < 1.29 is 4.42 Å². The fourth-order valence-electron chi connectivity index (χ4n) is 7.36. The summed E-state index contributed by atoms with van der Waals surface area (Å²) in [5.41, 5.74) is 14.2. The summed E-state index contributed by atoms with van der Waals surface area (Å²) in [5, 5.41) is 3.24. The van der Waals surface area contributed by atoms with Gasteiger partial charge in [0.2, 0.25) is 0 Å². The Balaban J connectivity index is 1.14. The highest BCUT2D eigenvalue weighted by Crippen LogP contribution is 2.39. The first kappa shape index (κ1) is 30.7. The molecule has 10 rings (SSSR count). The van der Waals surface area contributed by atoms with Crippen molar-refractivity contribution in [2.24, 2.45) is 0 Å². The average molecular weight is 677 g/mol. The molecule has 8 aromatic carbocycles. The van der Waals surface area contributed by atoms with Gasteiger partial charge in [-0.1, -0.05) is 158 Å². The SMILES string of the molecule is c1ccc(-c2cccc(-c3cccc(-c4nc(-c5cccc(-c6cccc(-c7ccccc7)c6)c5)c5oc6cc7ccccc7cc6c5n4)c3)c2)cc1. The van der Waals surface area contributed by atoms with Gasteiger partial charge in [-0.2, -0.15) is 0 Å². The molecule has 0 spiro atoms. The van der Waals surface area contributed by atoms with Crippen LogP contribution in [0, 0.1) is 0 Å². The maximum absolute atomic E-state index is 6.68. The van der Waals surface area contributed by atoms with Gasteiger partial charge in [0.25, 0.3) is 0 Å². The molecule has 3 nitrogen and oxygen atoms in total. The van der Waals surface area contributed by atoms with Crippen molar-refractivity contribution in [2.75, 3.05) is 0 Å². The molecule has 248 valence electrons. The van der Waals surface area contributed by atoms with Gasteiger partial charge in [0, 0.05) is 16.5 Å². The molecule has 0 radical (unpaired) electrons. The van der Waals surface area contributed by atoms with E-state index in [0.717, 1.165) is 66.3 Å². The van der Waals surface area contributed by atoms with Crippen LogP contribution in [-0.2, 0) is 0 Å². The quantitative estimate of drug-likeness (QED) is 0.176. The first-order chi connectivity index (χ1) is 26.2. The van der Waals surface area contributed by atoms with Crippen LogP contribution in [0.25, 0.3) is 100.0 Å². The third kappa shape index (κ3) is 5.75. The van der Waals surface area contributed by atoms with E-state index in [2.05, 4.69) is 182 Å². The van der Waals surface area contributed by atoms with Gasteiger partial charge in [-0.25, -0.2) is 9.97 Å². The highest BCUT2D eigenvalue weighted by atomic mass is 16.3. The zero-order valence-corrected chi connectivity index (χ0v) is 28.8. The molecule has 3 heteroatoms. The Labute approximate surface area is 307 Å². The van der Waals surface area contributed by atoms with Crippen molar-refractivity contribution >= 4 is 32.8 Å². The second kappa shape index (κ2) is 12.9. The van der Waals surface area contributed by atoms with Crippen LogP contribution in [0.3, 0.4) is 0 Å². The van der Waals surface area contributed by atoms with E-state index >= 15 is 0 Å². The van der Waals surface area contributed by atoms with Crippen molar-refractivity contribution in [2.45, 2.75) is 0 Å². The number of nitrogens with zero attached hydrogens (tertiary/aromatic N) is 2. The lowest BCUT2D eigenvalue weighted by Crippen LogP contribution is -1.94. The van der Waals surface area contributed by atoms with Gasteiger partial charge in [-0.05, 0) is 91.7 Å². The molecule has 0 aliphatic heterocycles. The Morgan fingerprint density at radius 2 is 0.736 bits per heavy atom. The molecular formula is C50H32N2O. The zero-order chi connectivity index (χ0) is 35.1. The fraction of sp³-hybridized carbons (Fsp3) is 0. The van der Waals surface area contributed by atoms with Gasteiger partial charge in [0.05, 0.1) is 0 Å². The van der Waals surface area contributed by atoms with Crippen molar-refractivity contribution in [1.29, 1.82) is 0 Å². The summed E-state index contributed by atoms with van der Waals surface area (Å²) in [7, 11) is 0. The second-order valence-electron chi connectivity index (χ2n) is 13.4. The molecule has 2 aromatic heterocycles. The van der Waals surface area contributed by atoms with Gasteiger partial charge >= 0.3 is 0 Å². The van der Waals surface area contributed by atoms with Crippen molar-refractivity contribution in [3.05, 3.63) is 194 Å². The van der Waals surface area contributed by atoms with Gasteiger partial charge < -0.3 is 4.42 Å². The largest absolute Gasteiger partial charge is 0.452 e. The van der Waals surface area contributed by atoms with Crippen LogP contribution >= 0.6 is 0 Å². The highest BCUT2D eigenvalue weighted by molar-refractivity contribution is 6.11. The second-order valence-corrected chi connectivity index (χ2v) is 13.4. The molecule has 0 atom stereocenters. The molecular weight excluding hydrogens is 645 g/mol. The monoisotopic (exact) mass is 676 g/mol. The molecule has 0 amide bonds. The molecule has 10 aromatic rings. The number of furan rings is 1. The molecule has 53 heavy (non-hydrogen) atoms. The Hall–Kier alpha value is -7.10. The minimum absolute atomic E-state index is 0.654. The number of benzene rings is 8. The molecule has 2 heterocycles. The fourth-order valence-corrected chi connectivity index (χ4v) is 7.36. The van der Waals surface area contributed by atoms with Crippen LogP contribution in [-0.4, -0.2) is 9.97 Å². The van der Waals surface area contributed by atoms with Crippen molar-refractivity contribution in [1.82, 2.24) is 9.97 Å². The average Bonchev–Trinajstić information content (AvgIpc) is 3.60. The number of rotatable bonds is 6. The predicted octanol–water partition coefficient (Wildman–Crippen LogP) is 13.5. The Morgan fingerprint density at radius 1 is 0.321 bits per heavy atom. The summed E-state index contributed by atoms with van der Waals surface area (Å²) in [6.45, 7) is 0. The topological polar surface area (TPSA) is 38.9 Å². The summed E-state index contributed by atoms with van der Waals surface area (Å²) in [6.07, 6.45) is 0. The molecule has 0 aliphatic rings. The maximum atomic E-state index is 6.68. The first-order valence-corrected chi connectivity index (χ1v) is 17.9. The molecule has 0 unspecified atom stereocenters. The standard InChI is InChI=1S/C50H32N2O/c1-3-13-33(14-4-1)35-19-9-21-37(27-35)39-23-11-25-43(29-39)47-49-48(45-31-41-17-7-8-18-42(41)32-46(45)53-49)52-50(51-47)44-26-12-24-40(30-44)38-22-10-20-36(28-38)34-15-5-2-6-16-34/h1-32H. The van der Waals surface area contributed by atoms with Crippen molar-refractivity contribution in [3.63, 3.8) is 0 Å².